The van der Waals surface area contributed by atoms with Crippen LogP contribution in [0.5, 0.6) is 11.5 Å². The molecular weight excluding hydrogens is 346 g/mol. The molecule has 0 saturated heterocycles. The van der Waals surface area contributed by atoms with Crippen molar-refractivity contribution in [1.29, 1.82) is 0 Å². The van der Waals surface area contributed by atoms with E-state index >= 15 is 0 Å². The summed E-state index contributed by atoms with van der Waals surface area (Å²) in [6, 6.07) is 4.87. The van der Waals surface area contributed by atoms with Crippen molar-refractivity contribution in [1.82, 2.24) is 15.0 Å². The van der Waals surface area contributed by atoms with Gasteiger partial charge in [0.25, 0.3) is 0 Å². The lowest BCUT2D eigenvalue weighted by atomic mass is 10.2. The maximum Gasteiger partial charge on any atom is 0.387 e. The standard InChI is InChI=1S/C14H18F2N4O3.ClH/c1-20(8-12-18-13(6-17)23-19-12)7-9-3-4-10(21-2)11(5-9)22-14(15)16;/h3-5,14H,6-8,17H2,1-2H3;1H. The first-order valence-electron chi connectivity index (χ1n) is 6.83. The molecule has 0 atom stereocenters. The Bertz CT molecular complexity index is 642. The first-order chi connectivity index (χ1) is 11.0. The van der Waals surface area contributed by atoms with E-state index in [4.69, 9.17) is 15.0 Å². The van der Waals surface area contributed by atoms with E-state index in [0.29, 0.717) is 24.8 Å². The molecule has 0 fully saturated rings. The molecule has 0 saturated carbocycles. The van der Waals surface area contributed by atoms with Gasteiger partial charge < -0.3 is 19.7 Å². The third kappa shape index (κ3) is 5.59. The second-order valence-corrected chi connectivity index (χ2v) is 4.84. The van der Waals surface area contributed by atoms with Crippen molar-refractivity contribution >= 4 is 12.4 Å². The van der Waals surface area contributed by atoms with Gasteiger partial charge in [-0.2, -0.15) is 13.8 Å². The Morgan fingerprint density at radius 1 is 1.29 bits per heavy atom. The maximum atomic E-state index is 12.4. The summed E-state index contributed by atoms with van der Waals surface area (Å²) in [5.74, 6) is 1.12. The molecule has 0 aliphatic heterocycles. The average Bonchev–Trinajstić information content (AvgIpc) is 2.94. The fraction of sp³-hybridized carbons (Fsp3) is 0.429. The highest BCUT2D eigenvalue weighted by molar-refractivity contribution is 5.85. The van der Waals surface area contributed by atoms with Crippen molar-refractivity contribution in [2.45, 2.75) is 26.2 Å². The van der Waals surface area contributed by atoms with Crippen molar-refractivity contribution < 1.29 is 22.8 Å². The summed E-state index contributed by atoms with van der Waals surface area (Å²) in [5.41, 5.74) is 6.19. The number of rotatable bonds is 8. The number of methoxy groups -OCH3 is 1. The zero-order chi connectivity index (χ0) is 16.8. The largest absolute Gasteiger partial charge is 0.493 e. The normalized spacial score (nSPS) is 10.8. The van der Waals surface area contributed by atoms with Crippen LogP contribution in [0.1, 0.15) is 17.3 Å². The molecule has 0 spiro atoms. The van der Waals surface area contributed by atoms with Crippen LogP contribution in [-0.4, -0.2) is 35.8 Å². The zero-order valence-electron chi connectivity index (χ0n) is 13.2. The second kappa shape index (κ2) is 9.36. The van der Waals surface area contributed by atoms with Gasteiger partial charge in [-0.1, -0.05) is 11.2 Å². The minimum absolute atomic E-state index is 0. The van der Waals surface area contributed by atoms with Gasteiger partial charge in [0.2, 0.25) is 5.89 Å². The summed E-state index contributed by atoms with van der Waals surface area (Å²) < 4.78 is 39.2. The molecule has 1 aromatic carbocycles. The third-order valence-corrected chi connectivity index (χ3v) is 2.99. The molecule has 2 aromatic rings. The van der Waals surface area contributed by atoms with Gasteiger partial charge in [0, 0.05) is 6.54 Å². The summed E-state index contributed by atoms with van der Waals surface area (Å²) in [6.45, 7) is -1.81. The molecule has 134 valence electrons. The van der Waals surface area contributed by atoms with Crippen LogP contribution in [0.25, 0.3) is 0 Å². The molecule has 7 nitrogen and oxygen atoms in total. The van der Waals surface area contributed by atoms with Gasteiger partial charge in [0.15, 0.2) is 17.3 Å². The van der Waals surface area contributed by atoms with Gasteiger partial charge in [-0.3, -0.25) is 4.90 Å². The Morgan fingerprint density at radius 2 is 2.04 bits per heavy atom. The highest BCUT2D eigenvalue weighted by Crippen LogP contribution is 2.29. The fourth-order valence-electron chi connectivity index (χ4n) is 2.05. The molecule has 2 rings (SSSR count). The molecule has 0 unspecified atom stereocenters. The molecule has 0 aliphatic carbocycles. The maximum absolute atomic E-state index is 12.4. The van der Waals surface area contributed by atoms with Gasteiger partial charge in [-0.15, -0.1) is 12.4 Å². The Morgan fingerprint density at radius 3 is 2.62 bits per heavy atom. The average molecular weight is 365 g/mol. The molecule has 0 bridgehead atoms. The van der Waals surface area contributed by atoms with E-state index in [-0.39, 0.29) is 30.5 Å². The monoisotopic (exact) mass is 364 g/mol. The SMILES string of the molecule is COc1ccc(CN(C)Cc2noc(CN)n2)cc1OC(F)F.Cl. The van der Waals surface area contributed by atoms with Crippen molar-refractivity contribution in [3.05, 3.63) is 35.5 Å². The van der Waals surface area contributed by atoms with Crippen LogP contribution in [0.2, 0.25) is 0 Å². The lowest BCUT2D eigenvalue weighted by Gasteiger charge is -2.16. The van der Waals surface area contributed by atoms with Crippen molar-refractivity contribution in [3.63, 3.8) is 0 Å². The number of ether oxygens (including phenoxy) is 2. The summed E-state index contributed by atoms with van der Waals surface area (Å²) in [6.07, 6.45) is 0. The molecular formula is C14H19ClF2N4O3. The van der Waals surface area contributed by atoms with Crippen LogP contribution < -0.4 is 15.2 Å². The van der Waals surface area contributed by atoms with Crippen LogP contribution in [-0.2, 0) is 19.6 Å². The Kier molecular flexibility index (Phi) is 7.83. The van der Waals surface area contributed by atoms with E-state index in [1.165, 1.54) is 13.2 Å². The number of alkyl halides is 2. The van der Waals surface area contributed by atoms with E-state index in [1.54, 1.807) is 12.1 Å². The molecule has 24 heavy (non-hydrogen) atoms. The summed E-state index contributed by atoms with van der Waals surface area (Å²) in [7, 11) is 3.24. The fourth-order valence-corrected chi connectivity index (χ4v) is 2.05. The molecule has 0 aliphatic rings. The first kappa shape index (κ1) is 20.1. The number of aromatic nitrogens is 2. The second-order valence-electron chi connectivity index (χ2n) is 4.84. The Balaban J connectivity index is 0.00000288. The van der Waals surface area contributed by atoms with E-state index in [2.05, 4.69) is 14.9 Å². The minimum Gasteiger partial charge on any atom is -0.493 e. The van der Waals surface area contributed by atoms with E-state index in [0.717, 1.165) is 5.56 Å². The van der Waals surface area contributed by atoms with Gasteiger partial charge in [0.05, 0.1) is 20.2 Å². The summed E-state index contributed by atoms with van der Waals surface area (Å²) in [5, 5.41) is 3.80. The van der Waals surface area contributed by atoms with Crippen LogP contribution in [0.15, 0.2) is 22.7 Å². The summed E-state index contributed by atoms with van der Waals surface area (Å²) in [4.78, 5) is 6.01. The summed E-state index contributed by atoms with van der Waals surface area (Å²) >= 11 is 0. The molecule has 2 N–H and O–H groups in total. The number of nitrogens with two attached hydrogens (primary N) is 1. The lowest BCUT2D eigenvalue weighted by Crippen LogP contribution is -2.18. The predicted molar refractivity (Wildman–Crippen MR) is 84.2 cm³/mol. The molecule has 0 amide bonds. The smallest absolute Gasteiger partial charge is 0.387 e. The quantitative estimate of drug-likeness (QED) is 0.768. The van der Waals surface area contributed by atoms with Gasteiger partial charge in [-0.25, -0.2) is 0 Å². The van der Waals surface area contributed by atoms with E-state index < -0.39 is 6.61 Å². The van der Waals surface area contributed by atoms with Crippen molar-refractivity contribution in [2.24, 2.45) is 5.73 Å². The van der Waals surface area contributed by atoms with Crippen LogP contribution in [0.4, 0.5) is 8.78 Å². The molecule has 0 radical (unpaired) electrons. The number of hydrogen-bond donors (Lipinski definition) is 1. The Labute approximate surface area is 144 Å². The van der Waals surface area contributed by atoms with Gasteiger partial charge >= 0.3 is 6.61 Å². The number of hydrogen-bond acceptors (Lipinski definition) is 7. The predicted octanol–water partition coefficient (Wildman–Crippen LogP) is 2.19. The zero-order valence-corrected chi connectivity index (χ0v) is 14.1. The minimum atomic E-state index is -2.91. The molecule has 1 heterocycles. The van der Waals surface area contributed by atoms with E-state index in [9.17, 15) is 8.78 Å². The van der Waals surface area contributed by atoms with Gasteiger partial charge in [0.1, 0.15) is 0 Å². The van der Waals surface area contributed by atoms with Crippen LogP contribution in [0, 0.1) is 0 Å². The molecule has 10 heteroatoms. The van der Waals surface area contributed by atoms with Crippen molar-refractivity contribution in [2.75, 3.05) is 14.2 Å². The van der Waals surface area contributed by atoms with Gasteiger partial charge in [-0.05, 0) is 24.7 Å². The number of benzene rings is 1. The number of nitrogens with zero attached hydrogens (tertiary/aromatic N) is 3. The van der Waals surface area contributed by atoms with E-state index in [1.807, 2.05) is 11.9 Å². The Hall–Kier alpha value is -1.97. The van der Waals surface area contributed by atoms with Crippen LogP contribution >= 0.6 is 12.4 Å². The third-order valence-electron chi connectivity index (χ3n) is 2.99. The number of halogens is 3. The van der Waals surface area contributed by atoms with Crippen molar-refractivity contribution in [3.8, 4) is 11.5 Å². The topological polar surface area (TPSA) is 86.6 Å². The molecule has 1 aromatic heterocycles. The lowest BCUT2D eigenvalue weighted by molar-refractivity contribution is -0.0512. The first-order valence-corrected chi connectivity index (χ1v) is 6.83. The highest BCUT2D eigenvalue weighted by Gasteiger charge is 2.13. The highest BCUT2D eigenvalue weighted by atomic mass is 35.5. The van der Waals surface area contributed by atoms with Crippen LogP contribution in [0.3, 0.4) is 0 Å².